The van der Waals surface area contributed by atoms with Gasteiger partial charge in [-0.05, 0) is 60.2 Å². The van der Waals surface area contributed by atoms with Crippen molar-refractivity contribution in [3.63, 3.8) is 0 Å². The van der Waals surface area contributed by atoms with E-state index in [-0.39, 0.29) is 30.1 Å². The van der Waals surface area contributed by atoms with Gasteiger partial charge in [0.25, 0.3) is 5.91 Å². The summed E-state index contributed by atoms with van der Waals surface area (Å²) in [5.41, 5.74) is 4.22. The number of nitrogens with one attached hydrogen (secondary N) is 3. The first-order valence-corrected chi connectivity index (χ1v) is 10.7. The SMILES string of the molecule is O=C(/C=C/c1ccc(/C=C(/C(=O)NC2CC2)c2ccc(F)cc2)cc1)NCCCC(=O)NO. The first-order valence-electron chi connectivity index (χ1n) is 10.7. The first-order chi connectivity index (χ1) is 15.9. The summed E-state index contributed by atoms with van der Waals surface area (Å²) in [6.07, 6.45) is 7.28. The van der Waals surface area contributed by atoms with E-state index in [0.29, 0.717) is 24.1 Å². The second-order valence-electron chi connectivity index (χ2n) is 7.74. The lowest BCUT2D eigenvalue weighted by molar-refractivity contribution is -0.129. The van der Waals surface area contributed by atoms with Gasteiger partial charge in [-0.2, -0.15) is 0 Å². The maximum Gasteiger partial charge on any atom is 0.252 e. The van der Waals surface area contributed by atoms with Crippen LogP contribution in [0.25, 0.3) is 17.7 Å². The number of benzene rings is 2. The first kappa shape index (κ1) is 23.9. The smallest absolute Gasteiger partial charge is 0.252 e. The van der Waals surface area contributed by atoms with Crippen molar-refractivity contribution in [1.82, 2.24) is 16.1 Å². The van der Waals surface area contributed by atoms with E-state index in [0.717, 1.165) is 24.0 Å². The molecule has 2 aromatic rings. The van der Waals surface area contributed by atoms with Gasteiger partial charge < -0.3 is 10.6 Å². The molecule has 8 heteroatoms. The van der Waals surface area contributed by atoms with Crippen molar-refractivity contribution in [1.29, 1.82) is 0 Å². The summed E-state index contributed by atoms with van der Waals surface area (Å²) in [6.45, 7) is 0.315. The van der Waals surface area contributed by atoms with Gasteiger partial charge in [0.1, 0.15) is 5.82 Å². The number of halogens is 1. The highest BCUT2D eigenvalue weighted by atomic mass is 19.1. The fraction of sp³-hybridized carbons (Fsp3) is 0.240. The van der Waals surface area contributed by atoms with E-state index in [1.807, 2.05) is 24.3 Å². The third kappa shape index (κ3) is 8.01. The number of hydrogen-bond acceptors (Lipinski definition) is 4. The number of amides is 3. The predicted octanol–water partition coefficient (Wildman–Crippen LogP) is 3.06. The number of rotatable bonds is 10. The van der Waals surface area contributed by atoms with Gasteiger partial charge in [0, 0.05) is 30.7 Å². The van der Waals surface area contributed by atoms with Crippen molar-refractivity contribution in [3.05, 3.63) is 77.1 Å². The van der Waals surface area contributed by atoms with Crippen LogP contribution in [-0.2, 0) is 14.4 Å². The zero-order valence-corrected chi connectivity index (χ0v) is 18.0. The van der Waals surface area contributed by atoms with Crippen LogP contribution in [0.4, 0.5) is 4.39 Å². The molecule has 0 unspecified atom stereocenters. The average Bonchev–Trinajstić information content (AvgIpc) is 3.64. The van der Waals surface area contributed by atoms with E-state index >= 15 is 0 Å². The van der Waals surface area contributed by atoms with E-state index in [1.165, 1.54) is 23.7 Å². The minimum Gasteiger partial charge on any atom is -0.353 e. The minimum absolute atomic E-state index is 0.119. The number of hydroxylamine groups is 1. The lowest BCUT2D eigenvalue weighted by Gasteiger charge is -2.09. The second kappa shape index (κ2) is 11.7. The Kier molecular flexibility index (Phi) is 8.49. The van der Waals surface area contributed by atoms with Crippen molar-refractivity contribution in [2.75, 3.05) is 6.54 Å². The largest absolute Gasteiger partial charge is 0.353 e. The topological polar surface area (TPSA) is 108 Å². The van der Waals surface area contributed by atoms with Crippen molar-refractivity contribution < 1.29 is 24.0 Å². The molecule has 0 spiro atoms. The summed E-state index contributed by atoms with van der Waals surface area (Å²) in [6, 6.07) is 13.3. The van der Waals surface area contributed by atoms with E-state index in [1.54, 1.807) is 24.3 Å². The number of carbonyl (C=O) groups is 3. The molecular weight excluding hydrogens is 425 g/mol. The van der Waals surface area contributed by atoms with Gasteiger partial charge in [-0.3, -0.25) is 19.6 Å². The third-order valence-corrected chi connectivity index (χ3v) is 4.99. The number of carbonyl (C=O) groups excluding carboxylic acids is 3. The lowest BCUT2D eigenvalue weighted by Crippen LogP contribution is -2.26. The molecular formula is C25H26FN3O4. The van der Waals surface area contributed by atoms with Crippen LogP contribution in [0.3, 0.4) is 0 Å². The van der Waals surface area contributed by atoms with Crippen LogP contribution < -0.4 is 16.1 Å². The molecule has 3 amide bonds. The fourth-order valence-electron chi connectivity index (χ4n) is 3.02. The van der Waals surface area contributed by atoms with Gasteiger partial charge in [-0.1, -0.05) is 36.4 Å². The Hall–Kier alpha value is -3.78. The molecule has 0 atom stereocenters. The van der Waals surface area contributed by atoms with Gasteiger partial charge in [0.05, 0.1) is 0 Å². The number of hydrogen-bond donors (Lipinski definition) is 4. The van der Waals surface area contributed by atoms with Crippen LogP contribution in [0.1, 0.15) is 42.4 Å². The predicted molar refractivity (Wildman–Crippen MR) is 123 cm³/mol. The summed E-state index contributed by atoms with van der Waals surface area (Å²) in [4.78, 5) is 35.5. The van der Waals surface area contributed by atoms with Crippen molar-refractivity contribution in [2.45, 2.75) is 31.7 Å². The minimum atomic E-state index is -0.499. The average molecular weight is 451 g/mol. The standard InChI is InChI=1S/C25H26FN3O4/c26-20-10-8-19(9-11-20)22(25(32)28-21-12-13-21)16-18-5-3-17(4-6-18)7-14-23(30)27-15-1-2-24(31)29-33/h3-11,14,16,21,33H,1-2,12-13,15H2,(H,27,30)(H,28,32)(H,29,31)/b14-7+,22-16+. The van der Waals surface area contributed by atoms with Crippen molar-refractivity contribution >= 4 is 35.4 Å². The van der Waals surface area contributed by atoms with Crippen LogP contribution in [0.5, 0.6) is 0 Å². The molecule has 0 radical (unpaired) electrons. The van der Waals surface area contributed by atoms with E-state index < -0.39 is 5.91 Å². The molecule has 1 aliphatic rings. The Morgan fingerprint density at radius 3 is 2.30 bits per heavy atom. The van der Waals surface area contributed by atoms with Gasteiger partial charge in [0.2, 0.25) is 11.8 Å². The van der Waals surface area contributed by atoms with Gasteiger partial charge >= 0.3 is 0 Å². The zero-order chi connectivity index (χ0) is 23.6. The lowest BCUT2D eigenvalue weighted by atomic mass is 10.0. The molecule has 0 heterocycles. The monoisotopic (exact) mass is 451 g/mol. The Morgan fingerprint density at radius 1 is 1.00 bits per heavy atom. The molecule has 1 aliphatic carbocycles. The van der Waals surface area contributed by atoms with Gasteiger partial charge in [0.15, 0.2) is 0 Å². The molecule has 0 aliphatic heterocycles. The summed E-state index contributed by atoms with van der Waals surface area (Å²) < 4.78 is 13.3. The Morgan fingerprint density at radius 2 is 1.67 bits per heavy atom. The summed E-state index contributed by atoms with van der Waals surface area (Å²) in [7, 11) is 0. The van der Waals surface area contributed by atoms with E-state index in [9.17, 15) is 18.8 Å². The normalized spacial score (nSPS) is 13.6. The summed E-state index contributed by atoms with van der Waals surface area (Å²) in [5, 5.41) is 14.0. The Labute approximate surface area is 191 Å². The highest BCUT2D eigenvalue weighted by Crippen LogP contribution is 2.24. The van der Waals surface area contributed by atoms with Crippen LogP contribution in [0.15, 0.2) is 54.6 Å². The van der Waals surface area contributed by atoms with Crippen LogP contribution in [-0.4, -0.2) is 35.5 Å². The summed E-state index contributed by atoms with van der Waals surface area (Å²) in [5.74, 6) is -1.35. The van der Waals surface area contributed by atoms with E-state index in [4.69, 9.17) is 5.21 Å². The molecule has 4 N–H and O–H groups in total. The third-order valence-electron chi connectivity index (χ3n) is 4.99. The van der Waals surface area contributed by atoms with Crippen LogP contribution >= 0.6 is 0 Å². The van der Waals surface area contributed by atoms with Crippen molar-refractivity contribution in [3.8, 4) is 0 Å². The Balaban J connectivity index is 1.63. The molecule has 172 valence electrons. The molecule has 0 bridgehead atoms. The zero-order valence-electron chi connectivity index (χ0n) is 18.0. The maximum atomic E-state index is 13.3. The van der Waals surface area contributed by atoms with Crippen molar-refractivity contribution in [2.24, 2.45) is 0 Å². The second-order valence-corrected chi connectivity index (χ2v) is 7.74. The molecule has 0 aromatic heterocycles. The molecule has 7 nitrogen and oxygen atoms in total. The van der Waals surface area contributed by atoms with Gasteiger partial charge in [-0.15, -0.1) is 0 Å². The van der Waals surface area contributed by atoms with E-state index in [2.05, 4.69) is 10.6 Å². The van der Waals surface area contributed by atoms with Crippen LogP contribution in [0, 0.1) is 5.82 Å². The van der Waals surface area contributed by atoms with Gasteiger partial charge in [-0.25, -0.2) is 9.87 Å². The Bertz CT molecular complexity index is 1040. The summed E-state index contributed by atoms with van der Waals surface area (Å²) >= 11 is 0. The quantitative estimate of drug-likeness (QED) is 0.146. The highest BCUT2D eigenvalue weighted by Gasteiger charge is 2.25. The molecule has 0 saturated heterocycles. The molecule has 1 fully saturated rings. The molecule has 2 aromatic carbocycles. The molecule has 1 saturated carbocycles. The molecule has 3 rings (SSSR count). The highest BCUT2D eigenvalue weighted by molar-refractivity contribution is 6.24. The maximum absolute atomic E-state index is 13.3. The molecule has 33 heavy (non-hydrogen) atoms. The van der Waals surface area contributed by atoms with Crippen LogP contribution in [0.2, 0.25) is 0 Å². The fourth-order valence-corrected chi connectivity index (χ4v) is 3.02.